The Kier molecular flexibility index (Phi) is 4.99. The summed E-state index contributed by atoms with van der Waals surface area (Å²) in [4.78, 5) is 32.6. The van der Waals surface area contributed by atoms with Crippen LogP contribution in [0.3, 0.4) is 0 Å². The average Bonchev–Trinajstić information content (AvgIpc) is 3.23. The minimum absolute atomic E-state index is 0.0712. The van der Waals surface area contributed by atoms with Crippen LogP contribution in [0.1, 0.15) is 10.4 Å². The van der Waals surface area contributed by atoms with Crippen molar-refractivity contribution in [3.05, 3.63) is 42.2 Å². The predicted octanol–water partition coefficient (Wildman–Crippen LogP) is 1.89. The van der Waals surface area contributed by atoms with E-state index in [-0.39, 0.29) is 5.91 Å². The Bertz CT molecular complexity index is 997. The third kappa shape index (κ3) is 3.75. The van der Waals surface area contributed by atoms with Crippen LogP contribution in [0.4, 0.5) is 11.1 Å². The Hall–Kier alpha value is -2.78. The molecule has 29 heavy (non-hydrogen) atoms. The second-order valence-corrected chi connectivity index (χ2v) is 8.12. The third-order valence-corrected chi connectivity index (χ3v) is 6.39. The van der Waals surface area contributed by atoms with E-state index in [4.69, 9.17) is 9.72 Å². The molecule has 0 unspecified atom stereocenters. The molecule has 0 radical (unpaired) electrons. The molecule has 1 aromatic carbocycles. The number of morpholine rings is 1. The molecule has 8 nitrogen and oxygen atoms in total. The van der Waals surface area contributed by atoms with Gasteiger partial charge in [-0.05, 0) is 24.3 Å². The summed E-state index contributed by atoms with van der Waals surface area (Å²) in [5, 5.41) is 1.00. The monoisotopic (exact) mass is 410 g/mol. The van der Waals surface area contributed by atoms with Gasteiger partial charge in [0.25, 0.3) is 5.91 Å². The molecule has 2 fully saturated rings. The van der Waals surface area contributed by atoms with Crippen molar-refractivity contribution in [2.24, 2.45) is 0 Å². The lowest BCUT2D eigenvalue weighted by atomic mass is 10.1. The lowest BCUT2D eigenvalue weighted by molar-refractivity contribution is 0.0746. The van der Waals surface area contributed by atoms with E-state index in [9.17, 15) is 4.79 Å². The summed E-state index contributed by atoms with van der Waals surface area (Å²) in [5.41, 5.74) is 1.66. The first-order chi connectivity index (χ1) is 14.3. The van der Waals surface area contributed by atoms with Crippen LogP contribution in [-0.4, -0.2) is 78.2 Å². The predicted molar refractivity (Wildman–Crippen MR) is 113 cm³/mol. The number of benzene rings is 1. The van der Waals surface area contributed by atoms with Crippen LogP contribution in [0.2, 0.25) is 0 Å². The smallest absolute Gasteiger partial charge is 0.254 e. The van der Waals surface area contributed by atoms with Crippen LogP contribution in [0, 0.1) is 0 Å². The highest BCUT2D eigenvalue weighted by Crippen LogP contribution is 2.30. The Morgan fingerprint density at radius 2 is 1.72 bits per heavy atom. The van der Waals surface area contributed by atoms with Gasteiger partial charge in [0.05, 0.1) is 23.4 Å². The first-order valence-corrected chi connectivity index (χ1v) is 10.6. The number of fused-ring (bicyclic) bond motifs is 1. The maximum atomic E-state index is 13.0. The number of hydrogen-bond donors (Lipinski definition) is 0. The van der Waals surface area contributed by atoms with E-state index in [1.165, 1.54) is 0 Å². The summed E-state index contributed by atoms with van der Waals surface area (Å²) in [5.74, 6) is 0.795. The number of anilines is 2. The highest BCUT2D eigenvalue weighted by Gasteiger charge is 2.24. The summed E-state index contributed by atoms with van der Waals surface area (Å²) in [6.07, 6.45) is 3.49. The molecular weight excluding hydrogens is 388 g/mol. The van der Waals surface area contributed by atoms with E-state index in [2.05, 4.69) is 19.8 Å². The van der Waals surface area contributed by atoms with Crippen LogP contribution in [0.25, 0.3) is 10.2 Å². The summed E-state index contributed by atoms with van der Waals surface area (Å²) >= 11 is 1.64. The zero-order valence-electron chi connectivity index (χ0n) is 16.0. The van der Waals surface area contributed by atoms with E-state index in [1.807, 2.05) is 29.2 Å². The van der Waals surface area contributed by atoms with Crippen molar-refractivity contribution in [1.82, 2.24) is 19.9 Å². The van der Waals surface area contributed by atoms with Crippen LogP contribution in [-0.2, 0) is 4.74 Å². The molecule has 0 aliphatic carbocycles. The third-order valence-electron chi connectivity index (χ3n) is 5.31. The fourth-order valence-corrected chi connectivity index (χ4v) is 4.74. The zero-order chi connectivity index (χ0) is 19.6. The van der Waals surface area contributed by atoms with Gasteiger partial charge in [0.15, 0.2) is 5.13 Å². The summed E-state index contributed by atoms with van der Waals surface area (Å²) in [7, 11) is 0. The van der Waals surface area contributed by atoms with Crippen LogP contribution in [0.15, 0.2) is 36.7 Å². The van der Waals surface area contributed by atoms with E-state index < -0.39 is 0 Å². The largest absolute Gasteiger partial charge is 0.378 e. The van der Waals surface area contributed by atoms with Crippen LogP contribution in [0.5, 0.6) is 0 Å². The number of carbonyl (C=O) groups is 1. The van der Waals surface area contributed by atoms with E-state index in [0.717, 1.165) is 66.3 Å². The molecule has 0 saturated carbocycles. The second-order valence-electron chi connectivity index (χ2n) is 7.11. The standard InChI is InChI=1S/C20H22N6O2S/c27-18(24-6-8-25(9-7-24)19-21-4-1-5-22-19)15-2-3-16-17(14-15)29-20(23-16)26-10-12-28-13-11-26/h1-5,14H,6-13H2. The van der Waals surface area contributed by atoms with E-state index in [0.29, 0.717) is 13.1 Å². The number of rotatable bonds is 3. The number of carbonyl (C=O) groups excluding carboxylic acids is 1. The number of nitrogens with zero attached hydrogens (tertiary/aromatic N) is 6. The molecule has 0 bridgehead atoms. The fraction of sp³-hybridized carbons (Fsp3) is 0.400. The quantitative estimate of drug-likeness (QED) is 0.653. The molecule has 5 rings (SSSR count). The lowest BCUT2D eigenvalue weighted by Crippen LogP contribution is -2.49. The molecule has 1 amide bonds. The molecule has 0 spiro atoms. The van der Waals surface area contributed by atoms with Gasteiger partial charge in [-0.1, -0.05) is 11.3 Å². The van der Waals surface area contributed by atoms with Gasteiger partial charge in [-0.2, -0.15) is 0 Å². The first-order valence-electron chi connectivity index (χ1n) is 9.82. The summed E-state index contributed by atoms with van der Waals surface area (Å²) in [6, 6.07) is 7.63. The minimum Gasteiger partial charge on any atom is -0.378 e. The average molecular weight is 411 g/mol. The van der Waals surface area contributed by atoms with Gasteiger partial charge in [0.2, 0.25) is 5.95 Å². The number of ether oxygens (including phenoxy) is 1. The van der Waals surface area contributed by atoms with Gasteiger partial charge in [0.1, 0.15) is 0 Å². The molecule has 4 heterocycles. The van der Waals surface area contributed by atoms with Crippen molar-refractivity contribution in [1.29, 1.82) is 0 Å². The van der Waals surface area contributed by atoms with Gasteiger partial charge in [-0.25, -0.2) is 15.0 Å². The van der Waals surface area contributed by atoms with E-state index in [1.54, 1.807) is 23.7 Å². The molecule has 150 valence electrons. The minimum atomic E-state index is 0.0712. The molecule has 2 aliphatic rings. The first kappa shape index (κ1) is 18.3. The molecular formula is C20H22N6O2S. The van der Waals surface area contributed by atoms with Crippen molar-refractivity contribution in [3.63, 3.8) is 0 Å². The van der Waals surface area contributed by atoms with Gasteiger partial charge in [0, 0.05) is 57.2 Å². The van der Waals surface area contributed by atoms with Gasteiger partial charge >= 0.3 is 0 Å². The molecule has 2 saturated heterocycles. The van der Waals surface area contributed by atoms with E-state index >= 15 is 0 Å². The maximum absolute atomic E-state index is 13.0. The van der Waals surface area contributed by atoms with Gasteiger partial charge in [-0.3, -0.25) is 4.79 Å². The topological polar surface area (TPSA) is 74.7 Å². The zero-order valence-corrected chi connectivity index (χ0v) is 16.8. The number of piperazine rings is 1. The summed E-state index contributed by atoms with van der Waals surface area (Å²) < 4.78 is 6.47. The normalized spacial score (nSPS) is 17.7. The maximum Gasteiger partial charge on any atom is 0.254 e. The summed E-state index contributed by atoms with van der Waals surface area (Å²) in [6.45, 7) is 5.99. The Morgan fingerprint density at radius 1 is 0.966 bits per heavy atom. The van der Waals surface area contributed by atoms with Crippen LogP contribution >= 0.6 is 11.3 Å². The lowest BCUT2D eigenvalue weighted by Gasteiger charge is -2.34. The van der Waals surface area contributed by atoms with Crippen molar-refractivity contribution < 1.29 is 9.53 Å². The second kappa shape index (κ2) is 7.92. The molecule has 2 aliphatic heterocycles. The molecule has 0 N–H and O–H groups in total. The van der Waals surface area contributed by atoms with Crippen LogP contribution < -0.4 is 9.80 Å². The van der Waals surface area contributed by atoms with Gasteiger partial charge < -0.3 is 19.4 Å². The number of aromatic nitrogens is 3. The molecule has 9 heteroatoms. The highest BCUT2D eigenvalue weighted by atomic mass is 32.1. The Balaban J connectivity index is 1.28. The van der Waals surface area contributed by atoms with Gasteiger partial charge in [-0.15, -0.1) is 0 Å². The Morgan fingerprint density at radius 3 is 2.48 bits per heavy atom. The molecule has 0 atom stereocenters. The van der Waals surface area contributed by atoms with Crippen molar-refractivity contribution in [2.75, 3.05) is 62.3 Å². The number of thiazole rings is 1. The number of amides is 1. The molecule has 3 aromatic rings. The van der Waals surface area contributed by atoms with Crippen molar-refractivity contribution in [2.45, 2.75) is 0 Å². The fourth-order valence-electron chi connectivity index (χ4n) is 3.68. The number of hydrogen-bond acceptors (Lipinski definition) is 8. The highest BCUT2D eigenvalue weighted by molar-refractivity contribution is 7.22. The SMILES string of the molecule is O=C(c1ccc2nc(N3CCOCC3)sc2c1)N1CCN(c2ncccn2)CC1. The Labute approximate surface area is 172 Å². The van der Waals surface area contributed by atoms with Crippen molar-refractivity contribution in [3.8, 4) is 0 Å². The molecule has 2 aromatic heterocycles. The van der Waals surface area contributed by atoms with Crippen molar-refractivity contribution >= 4 is 38.5 Å².